The molecule has 0 radical (unpaired) electrons. The van der Waals surface area contributed by atoms with Crippen molar-refractivity contribution in [2.75, 3.05) is 0 Å². The zero-order valence-corrected chi connectivity index (χ0v) is 20.6. The lowest BCUT2D eigenvalue weighted by Crippen LogP contribution is -2.47. The van der Waals surface area contributed by atoms with Crippen LogP contribution >= 0.6 is 0 Å². The predicted molar refractivity (Wildman–Crippen MR) is 137 cm³/mol. The van der Waals surface area contributed by atoms with Crippen LogP contribution in [0.15, 0.2) is 45.7 Å². The van der Waals surface area contributed by atoms with Gasteiger partial charge in [-0.05, 0) is 86.6 Å². The van der Waals surface area contributed by atoms with Crippen molar-refractivity contribution in [3.63, 3.8) is 0 Å². The van der Waals surface area contributed by atoms with E-state index in [9.17, 15) is 24.6 Å². The summed E-state index contributed by atoms with van der Waals surface area (Å²) in [7, 11) is 0. The maximum absolute atomic E-state index is 13.1. The van der Waals surface area contributed by atoms with E-state index < -0.39 is 24.0 Å². The zero-order chi connectivity index (χ0) is 26.3. The molecule has 0 unspecified atom stereocenters. The van der Waals surface area contributed by atoms with Crippen LogP contribution in [0, 0.1) is 6.92 Å². The molecule has 2 aromatic heterocycles. The molecule has 9 nitrogen and oxygen atoms in total. The maximum atomic E-state index is 13.1. The van der Waals surface area contributed by atoms with Crippen molar-refractivity contribution in [2.45, 2.75) is 58.1 Å². The molecule has 1 aliphatic rings. The molecule has 2 aromatic carbocycles. The van der Waals surface area contributed by atoms with Crippen LogP contribution in [0.25, 0.3) is 21.9 Å². The summed E-state index contributed by atoms with van der Waals surface area (Å²) in [5, 5.41) is 23.6. The highest BCUT2D eigenvalue weighted by Crippen LogP contribution is 2.35. The number of aromatic amines is 1. The molecule has 0 fully saturated rings. The summed E-state index contributed by atoms with van der Waals surface area (Å²) in [6, 6.07) is 7.16. The topological polar surface area (TPSA) is 142 Å². The van der Waals surface area contributed by atoms with Gasteiger partial charge in [0.1, 0.15) is 23.1 Å². The molecule has 0 saturated heterocycles. The van der Waals surface area contributed by atoms with Gasteiger partial charge in [0.05, 0.1) is 5.39 Å². The highest BCUT2D eigenvalue weighted by Gasteiger charge is 2.27. The molecular weight excluding hydrogens is 476 g/mol. The summed E-state index contributed by atoms with van der Waals surface area (Å²) in [6.45, 7) is 3.40. The number of aromatic nitrogens is 1. The van der Waals surface area contributed by atoms with Gasteiger partial charge in [0.15, 0.2) is 6.10 Å². The van der Waals surface area contributed by atoms with Crippen molar-refractivity contribution < 1.29 is 29.0 Å². The number of carbonyl (C=O) groups excluding carboxylic acids is 1. The van der Waals surface area contributed by atoms with Crippen molar-refractivity contribution in [1.82, 2.24) is 10.3 Å². The number of hydrogen-bond acceptors (Lipinski definition) is 6. The second-order valence-corrected chi connectivity index (χ2v) is 9.60. The van der Waals surface area contributed by atoms with Crippen molar-refractivity contribution >= 4 is 33.7 Å². The fourth-order valence-corrected chi connectivity index (χ4v) is 5.05. The Labute approximate surface area is 212 Å². The molecule has 0 aliphatic heterocycles. The number of benzene rings is 2. The van der Waals surface area contributed by atoms with E-state index in [1.54, 1.807) is 37.4 Å². The maximum Gasteiger partial charge on any atom is 0.339 e. The third-order valence-corrected chi connectivity index (χ3v) is 6.89. The van der Waals surface area contributed by atoms with E-state index in [2.05, 4.69) is 10.3 Å². The van der Waals surface area contributed by atoms with Gasteiger partial charge in [-0.25, -0.2) is 9.59 Å². The Hall–Kier alpha value is -4.27. The lowest BCUT2D eigenvalue weighted by molar-refractivity contribution is -0.142. The molecule has 2 atom stereocenters. The highest BCUT2D eigenvalue weighted by molar-refractivity contribution is 5.91. The summed E-state index contributed by atoms with van der Waals surface area (Å²) < 4.78 is 11.7. The summed E-state index contributed by atoms with van der Waals surface area (Å²) >= 11 is 0. The molecule has 2 heterocycles. The Morgan fingerprint density at radius 2 is 1.92 bits per heavy atom. The van der Waals surface area contributed by atoms with Crippen molar-refractivity contribution in [3.8, 4) is 11.5 Å². The number of rotatable bonds is 7. The fraction of sp³-hybridized carbons (Fsp3) is 0.321. The van der Waals surface area contributed by atoms with Crippen LogP contribution in [0.5, 0.6) is 11.5 Å². The largest absolute Gasteiger partial charge is 0.508 e. The van der Waals surface area contributed by atoms with Gasteiger partial charge < -0.3 is 29.7 Å². The molecule has 1 aliphatic carbocycles. The minimum atomic E-state index is -1.21. The molecule has 0 spiro atoms. The Kier molecular flexibility index (Phi) is 6.37. The normalized spacial score (nSPS) is 14.8. The van der Waals surface area contributed by atoms with E-state index in [0.29, 0.717) is 39.7 Å². The minimum Gasteiger partial charge on any atom is -0.508 e. The second kappa shape index (κ2) is 9.65. The first-order valence-corrected chi connectivity index (χ1v) is 12.3. The van der Waals surface area contributed by atoms with Gasteiger partial charge >= 0.3 is 11.6 Å². The Morgan fingerprint density at radius 3 is 2.68 bits per heavy atom. The van der Waals surface area contributed by atoms with E-state index in [4.69, 9.17) is 9.15 Å². The number of aryl methyl sites for hydroxylation is 2. The molecule has 37 heavy (non-hydrogen) atoms. The van der Waals surface area contributed by atoms with Gasteiger partial charge in [-0.15, -0.1) is 0 Å². The lowest BCUT2D eigenvalue weighted by Gasteiger charge is -2.22. The average Bonchev–Trinajstić information content (AvgIpc) is 3.24. The number of amides is 1. The van der Waals surface area contributed by atoms with Crippen LogP contribution in [0.4, 0.5) is 0 Å². The van der Waals surface area contributed by atoms with Crippen LogP contribution in [-0.2, 0) is 28.9 Å². The smallest absolute Gasteiger partial charge is 0.339 e. The number of nitrogens with one attached hydrogen (secondary N) is 2. The molecule has 0 bridgehead atoms. The third-order valence-electron chi connectivity index (χ3n) is 6.89. The van der Waals surface area contributed by atoms with E-state index >= 15 is 0 Å². The number of aliphatic carboxylic acids is 1. The lowest BCUT2D eigenvalue weighted by atomic mass is 9.90. The number of carboxylic acid groups (broad SMARTS) is 1. The van der Waals surface area contributed by atoms with Crippen LogP contribution < -0.4 is 15.7 Å². The number of phenolic OH excluding ortho intramolecular Hbond substituents is 1. The average molecular weight is 505 g/mol. The molecule has 4 N–H and O–H groups in total. The van der Waals surface area contributed by atoms with Gasteiger partial charge in [-0.1, -0.05) is 0 Å². The molecule has 192 valence electrons. The predicted octanol–water partition coefficient (Wildman–Crippen LogP) is 3.75. The molecule has 4 aromatic rings. The minimum absolute atomic E-state index is 0.0172. The monoisotopic (exact) mass is 504 g/mol. The van der Waals surface area contributed by atoms with Gasteiger partial charge in [0, 0.05) is 29.1 Å². The van der Waals surface area contributed by atoms with E-state index in [0.717, 1.165) is 35.9 Å². The molecule has 0 saturated carbocycles. The fourth-order valence-electron chi connectivity index (χ4n) is 5.05. The second-order valence-electron chi connectivity index (χ2n) is 9.60. The van der Waals surface area contributed by atoms with Crippen molar-refractivity contribution in [2.24, 2.45) is 0 Å². The summed E-state index contributed by atoms with van der Waals surface area (Å²) in [5.41, 5.74) is 3.84. The summed E-state index contributed by atoms with van der Waals surface area (Å²) in [5.74, 6) is -1.28. The van der Waals surface area contributed by atoms with Crippen molar-refractivity contribution in [1.29, 1.82) is 0 Å². The summed E-state index contributed by atoms with van der Waals surface area (Å²) in [4.78, 5) is 40.6. The number of carboxylic acids is 1. The molecule has 9 heteroatoms. The highest BCUT2D eigenvalue weighted by atomic mass is 16.5. The first kappa shape index (κ1) is 24.4. The Balaban J connectivity index is 1.39. The number of ether oxygens (including phenoxy) is 1. The first-order chi connectivity index (χ1) is 17.7. The third kappa shape index (κ3) is 4.76. The van der Waals surface area contributed by atoms with Gasteiger partial charge in [-0.2, -0.15) is 0 Å². The van der Waals surface area contributed by atoms with Crippen LogP contribution in [-0.4, -0.2) is 39.2 Å². The Morgan fingerprint density at radius 1 is 1.16 bits per heavy atom. The van der Waals surface area contributed by atoms with Gasteiger partial charge in [0.25, 0.3) is 5.91 Å². The number of aromatic hydroxyl groups is 1. The van der Waals surface area contributed by atoms with Crippen molar-refractivity contribution in [3.05, 3.63) is 69.2 Å². The van der Waals surface area contributed by atoms with Crippen LogP contribution in [0.3, 0.4) is 0 Å². The van der Waals surface area contributed by atoms with Crippen LogP contribution in [0.1, 0.15) is 42.0 Å². The standard InChI is InChI=1S/C28H28N2O7/c1-14-9-23(25-18-5-3-4-6-19(18)28(35)37-24(25)10-14)36-15(2)26(32)30-22(27(33)34)11-16-13-29-21-8-7-17(31)12-20(16)21/h7-10,12-13,15,22,29,31H,3-6,11H2,1-2H3,(H,30,32)(H,33,34)/t15-,22-/m0/s1. The molecular formula is C28H28N2O7. The van der Waals surface area contributed by atoms with Gasteiger partial charge in [-0.3, -0.25) is 4.79 Å². The van der Waals surface area contributed by atoms with Gasteiger partial charge in [0.2, 0.25) is 0 Å². The zero-order valence-electron chi connectivity index (χ0n) is 20.6. The number of phenols is 1. The molecule has 1 amide bonds. The first-order valence-electron chi connectivity index (χ1n) is 12.3. The molecule has 5 rings (SSSR count). The van der Waals surface area contributed by atoms with E-state index in [-0.39, 0.29) is 17.8 Å². The summed E-state index contributed by atoms with van der Waals surface area (Å²) in [6.07, 6.45) is 3.90. The number of carbonyl (C=O) groups is 2. The quantitative estimate of drug-likeness (QED) is 0.281. The van der Waals surface area contributed by atoms with E-state index in [1.807, 2.05) is 6.92 Å². The number of fused-ring (bicyclic) bond motifs is 4. The SMILES string of the molecule is Cc1cc(O[C@@H](C)C(=O)N[C@@H](Cc2c[nH]c3ccc(O)cc23)C(=O)O)c2c3c(c(=O)oc2c1)CCCC3. The van der Waals surface area contributed by atoms with E-state index in [1.165, 1.54) is 6.07 Å². The van der Waals surface area contributed by atoms with Crippen LogP contribution in [0.2, 0.25) is 0 Å². The Bertz CT molecular complexity index is 1580. The number of H-pyrrole nitrogens is 1. The number of hydrogen-bond donors (Lipinski definition) is 4.